The van der Waals surface area contributed by atoms with Gasteiger partial charge in [0.15, 0.2) is 0 Å². The van der Waals surface area contributed by atoms with E-state index in [1.165, 1.54) is 0 Å². The molecular formula is C9H14N2O3. The average Bonchev–Trinajstić information content (AvgIpc) is 2.18. The third-order valence-electron chi connectivity index (χ3n) is 1.61. The Morgan fingerprint density at radius 2 is 2.29 bits per heavy atom. The van der Waals surface area contributed by atoms with Gasteiger partial charge in [-0.1, -0.05) is 0 Å². The topological polar surface area (TPSA) is 76.7 Å². The molecule has 14 heavy (non-hydrogen) atoms. The van der Waals surface area contributed by atoms with Crippen molar-refractivity contribution < 1.29 is 14.7 Å². The lowest BCUT2D eigenvalue weighted by Gasteiger charge is -2.08. The highest BCUT2D eigenvalue weighted by atomic mass is 16.6. The standard InChI is InChI=1S/C9H14N2O3/c1-13-9-3-2-7(6-8(9)10)11-14-5-4-12/h2-3,6,11-12H,4-5,10H2,1H3. The smallest absolute Gasteiger partial charge is 0.141 e. The van der Waals surface area contributed by atoms with Crippen LogP contribution in [0, 0.1) is 0 Å². The summed E-state index contributed by atoms with van der Waals surface area (Å²) in [5.74, 6) is 0.623. The number of hydrogen-bond donors (Lipinski definition) is 3. The monoisotopic (exact) mass is 198 g/mol. The molecule has 78 valence electrons. The van der Waals surface area contributed by atoms with Crippen molar-refractivity contribution in [2.45, 2.75) is 0 Å². The number of methoxy groups -OCH3 is 1. The van der Waals surface area contributed by atoms with E-state index < -0.39 is 0 Å². The molecule has 5 heteroatoms. The second kappa shape index (κ2) is 5.31. The molecule has 0 aromatic heterocycles. The summed E-state index contributed by atoms with van der Waals surface area (Å²) < 4.78 is 4.99. The maximum absolute atomic E-state index is 8.47. The average molecular weight is 198 g/mol. The number of aliphatic hydroxyl groups is 1. The second-order valence-corrected chi connectivity index (χ2v) is 2.63. The van der Waals surface area contributed by atoms with Crippen LogP contribution in [0.1, 0.15) is 0 Å². The van der Waals surface area contributed by atoms with Gasteiger partial charge >= 0.3 is 0 Å². The van der Waals surface area contributed by atoms with Gasteiger partial charge in [0.1, 0.15) is 5.75 Å². The van der Waals surface area contributed by atoms with E-state index in [1.54, 1.807) is 25.3 Å². The quantitative estimate of drug-likeness (QED) is 0.367. The maximum atomic E-state index is 8.47. The van der Waals surface area contributed by atoms with Crippen LogP contribution in [-0.4, -0.2) is 25.4 Å². The van der Waals surface area contributed by atoms with Crippen molar-refractivity contribution in [2.75, 3.05) is 31.5 Å². The van der Waals surface area contributed by atoms with Crippen LogP contribution in [0.15, 0.2) is 18.2 Å². The van der Waals surface area contributed by atoms with Crippen LogP contribution in [0.3, 0.4) is 0 Å². The molecule has 0 spiro atoms. The normalized spacial score (nSPS) is 9.86. The number of nitrogens with two attached hydrogens (primary N) is 1. The van der Waals surface area contributed by atoms with Crippen LogP contribution in [0.4, 0.5) is 11.4 Å². The first-order chi connectivity index (χ1) is 6.77. The molecule has 0 radical (unpaired) electrons. The number of ether oxygens (including phenoxy) is 1. The minimum atomic E-state index is -0.0291. The molecular weight excluding hydrogens is 184 g/mol. The molecule has 1 aromatic carbocycles. The molecule has 0 aliphatic heterocycles. The summed E-state index contributed by atoms with van der Waals surface area (Å²) in [6.07, 6.45) is 0. The molecule has 4 N–H and O–H groups in total. The molecule has 0 fully saturated rings. The van der Waals surface area contributed by atoms with E-state index in [9.17, 15) is 0 Å². The maximum Gasteiger partial charge on any atom is 0.141 e. The first kappa shape index (κ1) is 10.6. The zero-order valence-corrected chi connectivity index (χ0v) is 7.99. The fourth-order valence-electron chi connectivity index (χ4n) is 0.978. The molecule has 0 unspecified atom stereocenters. The van der Waals surface area contributed by atoms with Gasteiger partial charge in [-0.3, -0.25) is 10.3 Å². The third-order valence-corrected chi connectivity index (χ3v) is 1.61. The number of anilines is 2. The summed E-state index contributed by atoms with van der Waals surface area (Å²) >= 11 is 0. The third kappa shape index (κ3) is 2.79. The van der Waals surface area contributed by atoms with Crippen LogP contribution in [0.2, 0.25) is 0 Å². The highest BCUT2D eigenvalue weighted by molar-refractivity contribution is 5.61. The summed E-state index contributed by atoms with van der Waals surface area (Å²) in [5.41, 5.74) is 9.56. The Hall–Kier alpha value is -1.46. The predicted molar refractivity (Wildman–Crippen MR) is 54.1 cm³/mol. The highest BCUT2D eigenvalue weighted by Crippen LogP contribution is 2.24. The van der Waals surface area contributed by atoms with Crippen LogP contribution < -0.4 is 16.0 Å². The highest BCUT2D eigenvalue weighted by Gasteiger charge is 1.99. The number of rotatable bonds is 5. The molecule has 1 aromatic rings. The molecule has 0 saturated carbocycles. The van der Waals surface area contributed by atoms with E-state index in [0.717, 1.165) is 5.69 Å². The van der Waals surface area contributed by atoms with Gasteiger partial charge < -0.3 is 15.6 Å². The molecule has 5 nitrogen and oxygen atoms in total. The Labute approximate surface area is 82.4 Å². The summed E-state index contributed by atoms with van der Waals surface area (Å²) in [4.78, 5) is 4.90. The molecule has 0 aliphatic rings. The van der Waals surface area contributed by atoms with Gasteiger partial charge in [0.25, 0.3) is 0 Å². The van der Waals surface area contributed by atoms with Crippen molar-refractivity contribution in [1.29, 1.82) is 0 Å². The number of nitrogens with one attached hydrogen (secondary N) is 1. The van der Waals surface area contributed by atoms with Crippen molar-refractivity contribution in [2.24, 2.45) is 0 Å². The van der Waals surface area contributed by atoms with Gasteiger partial charge in [0.05, 0.1) is 31.7 Å². The van der Waals surface area contributed by atoms with Crippen molar-refractivity contribution in [1.82, 2.24) is 0 Å². The van der Waals surface area contributed by atoms with Crippen molar-refractivity contribution in [3.05, 3.63) is 18.2 Å². The Balaban J connectivity index is 2.57. The summed E-state index contributed by atoms with van der Waals surface area (Å²) in [6, 6.07) is 5.20. The molecule has 0 saturated heterocycles. The number of hydrogen-bond acceptors (Lipinski definition) is 5. The van der Waals surface area contributed by atoms with Crippen LogP contribution in [0.25, 0.3) is 0 Å². The van der Waals surface area contributed by atoms with Crippen LogP contribution in [0.5, 0.6) is 5.75 Å². The minimum Gasteiger partial charge on any atom is -0.495 e. The van der Waals surface area contributed by atoms with Crippen molar-refractivity contribution >= 4 is 11.4 Å². The summed E-state index contributed by atoms with van der Waals surface area (Å²) in [5, 5.41) is 8.47. The van der Waals surface area contributed by atoms with Gasteiger partial charge in [0, 0.05) is 0 Å². The lowest BCUT2D eigenvalue weighted by molar-refractivity contribution is 0.133. The first-order valence-electron chi connectivity index (χ1n) is 4.20. The van der Waals surface area contributed by atoms with E-state index in [1.807, 2.05) is 0 Å². The lowest BCUT2D eigenvalue weighted by Crippen LogP contribution is -2.06. The van der Waals surface area contributed by atoms with Gasteiger partial charge in [0.2, 0.25) is 0 Å². The van der Waals surface area contributed by atoms with Gasteiger partial charge in [-0.15, -0.1) is 0 Å². The number of benzene rings is 1. The van der Waals surface area contributed by atoms with E-state index >= 15 is 0 Å². The van der Waals surface area contributed by atoms with Crippen LogP contribution in [-0.2, 0) is 4.84 Å². The lowest BCUT2D eigenvalue weighted by atomic mass is 10.2. The van der Waals surface area contributed by atoms with E-state index in [0.29, 0.717) is 11.4 Å². The Morgan fingerprint density at radius 1 is 1.50 bits per heavy atom. The Bertz CT molecular complexity index is 291. The number of aliphatic hydroxyl groups excluding tert-OH is 1. The largest absolute Gasteiger partial charge is 0.495 e. The fraction of sp³-hybridized carbons (Fsp3) is 0.333. The zero-order chi connectivity index (χ0) is 10.4. The van der Waals surface area contributed by atoms with Gasteiger partial charge in [-0.25, -0.2) is 0 Å². The molecule has 0 heterocycles. The molecule has 0 bridgehead atoms. The van der Waals surface area contributed by atoms with E-state index in [2.05, 4.69) is 5.48 Å². The van der Waals surface area contributed by atoms with Crippen molar-refractivity contribution in [3.63, 3.8) is 0 Å². The van der Waals surface area contributed by atoms with E-state index in [-0.39, 0.29) is 13.2 Å². The predicted octanol–water partition coefficient (Wildman–Crippen LogP) is 0.613. The van der Waals surface area contributed by atoms with E-state index in [4.69, 9.17) is 20.4 Å². The summed E-state index contributed by atoms with van der Waals surface area (Å²) in [6.45, 7) is 0.199. The molecule has 0 amide bonds. The minimum absolute atomic E-state index is 0.0291. The van der Waals surface area contributed by atoms with Crippen LogP contribution >= 0.6 is 0 Å². The first-order valence-corrected chi connectivity index (χ1v) is 4.20. The zero-order valence-electron chi connectivity index (χ0n) is 7.99. The van der Waals surface area contributed by atoms with Crippen molar-refractivity contribution in [3.8, 4) is 5.75 Å². The van der Waals surface area contributed by atoms with Gasteiger partial charge in [-0.2, -0.15) is 0 Å². The fourth-order valence-corrected chi connectivity index (χ4v) is 0.978. The SMILES string of the molecule is COc1ccc(NOCCO)cc1N. The molecule has 0 atom stereocenters. The van der Waals surface area contributed by atoms with Gasteiger partial charge in [-0.05, 0) is 18.2 Å². The summed E-state index contributed by atoms with van der Waals surface area (Å²) in [7, 11) is 1.56. The number of nitrogen functional groups attached to an aromatic ring is 1. The Morgan fingerprint density at radius 3 is 2.86 bits per heavy atom. The Kier molecular flexibility index (Phi) is 4.03. The molecule has 0 aliphatic carbocycles. The molecule has 1 rings (SSSR count). The second-order valence-electron chi connectivity index (χ2n) is 2.63.